The highest BCUT2D eigenvalue weighted by Gasteiger charge is 2.21. The molecule has 15 nitrogen and oxygen atoms in total. The smallest absolute Gasteiger partial charge is 0.274 e. The summed E-state index contributed by atoms with van der Waals surface area (Å²) in [6, 6.07) is 13.0. The molecule has 2 radical (unpaired) electrons. The molecule has 2 aliphatic rings. The van der Waals surface area contributed by atoms with Crippen LogP contribution in [-0.2, 0) is 9.47 Å². The number of hydrogen-bond acceptors (Lipinski definition) is 13. The molecule has 0 spiro atoms. The fraction of sp³-hybridized carbons (Fsp3) is 0.235. The summed E-state index contributed by atoms with van der Waals surface area (Å²) >= 11 is 5.97. The molecular formula is C34H29BClF2N11O4. The van der Waals surface area contributed by atoms with E-state index in [-0.39, 0.29) is 39.6 Å². The molecule has 53 heavy (non-hydrogen) atoms. The first-order chi connectivity index (χ1) is 25.7. The summed E-state index contributed by atoms with van der Waals surface area (Å²) in [5.74, 6) is -0.731. The molecule has 0 aliphatic carbocycles. The Morgan fingerprint density at radius 3 is 2.04 bits per heavy atom. The lowest BCUT2D eigenvalue weighted by atomic mass is 9.93. The Labute approximate surface area is 306 Å². The fourth-order valence-corrected chi connectivity index (χ4v) is 5.73. The van der Waals surface area contributed by atoms with E-state index in [1.807, 2.05) is 29.2 Å². The number of phenols is 1. The summed E-state index contributed by atoms with van der Waals surface area (Å²) in [5, 5.41) is 18.9. The Bertz CT molecular complexity index is 2290. The zero-order valence-electron chi connectivity index (χ0n) is 27.9. The topological polar surface area (TPSA) is 162 Å². The number of ether oxygens (including phenoxy) is 2. The number of rotatable bonds is 6. The molecular weight excluding hydrogens is 711 g/mol. The second-order valence-electron chi connectivity index (χ2n) is 11.6. The van der Waals surface area contributed by atoms with Crippen LogP contribution < -0.4 is 20.8 Å². The highest BCUT2D eigenvalue weighted by Crippen LogP contribution is 2.33. The van der Waals surface area contributed by atoms with Crippen molar-refractivity contribution in [3.05, 3.63) is 100 Å². The van der Waals surface area contributed by atoms with Crippen LogP contribution in [-0.4, -0.2) is 110 Å². The van der Waals surface area contributed by atoms with Crippen LogP contribution in [0.15, 0.2) is 78.1 Å². The zero-order valence-corrected chi connectivity index (χ0v) is 28.6. The van der Waals surface area contributed by atoms with Crippen molar-refractivity contribution in [1.82, 2.24) is 44.5 Å². The summed E-state index contributed by atoms with van der Waals surface area (Å²) in [7, 11) is 5.79. The third-order valence-electron chi connectivity index (χ3n) is 8.12. The molecule has 2 saturated heterocycles. The zero-order chi connectivity index (χ0) is 36.9. The second-order valence-corrected chi connectivity index (χ2v) is 12.0. The van der Waals surface area contributed by atoms with Crippen LogP contribution in [0, 0.1) is 11.6 Å². The third-order valence-corrected chi connectivity index (χ3v) is 8.41. The predicted octanol–water partition coefficient (Wildman–Crippen LogP) is 2.52. The van der Waals surface area contributed by atoms with Gasteiger partial charge in [0, 0.05) is 50.2 Å². The first kappa shape index (κ1) is 35.6. The molecule has 0 unspecified atom stereocenters. The van der Waals surface area contributed by atoms with Gasteiger partial charge in [-0.05, 0) is 30.3 Å². The predicted molar refractivity (Wildman–Crippen MR) is 191 cm³/mol. The van der Waals surface area contributed by atoms with E-state index in [1.54, 1.807) is 17.3 Å². The second kappa shape index (κ2) is 15.8. The molecule has 8 rings (SSSR count). The number of anilines is 2. The summed E-state index contributed by atoms with van der Waals surface area (Å²) in [6.45, 7) is 4.15. The van der Waals surface area contributed by atoms with E-state index in [1.165, 1.54) is 35.1 Å². The van der Waals surface area contributed by atoms with Crippen LogP contribution in [0.25, 0.3) is 34.5 Å². The third kappa shape index (κ3) is 7.99. The summed E-state index contributed by atoms with van der Waals surface area (Å²) in [5.41, 5.74) is 1.71. The quantitative estimate of drug-likeness (QED) is 0.248. The average Bonchev–Trinajstić information content (AvgIpc) is 3.69. The first-order valence-electron chi connectivity index (χ1n) is 16.3. The number of benzene rings is 1. The minimum absolute atomic E-state index is 0.0483. The van der Waals surface area contributed by atoms with Crippen molar-refractivity contribution in [2.75, 3.05) is 62.4 Å². The summed E-state index contributed by atoms with van der Waals surface area (Å²) < 4.78 is 41.4. The van der Waals surface area contributed by atoms with Gasteiger partial charge >= 0.3 is 0 Å². The molecule has 19 heteroatoms. The van der Waals surface area contributed by atoms with Gasteiger partial charge in [0.1, 0.15) is 19.3 Å². The van der Waals surface area contributed by atoms with Gasteiger partial charge in [-0.1, -0.05) is 29.2 Å². The lowest BCUT2D eigenvalue weighted by Gasteiger charge is -2.28. The van der Waals surface area contributed by atoms with Gasteiger partial charge in [-0.2, -0.15) is 24.8 Å². The maximum Gasteiger partial charge on any atom is 0.274 e. The van der Waals surface area contributed by atoms with Gasteiger partial charge in [0.05, 0.1) is 55.2 Å². The van der Waals surface area contributed by atoms with Gasteiger partial charge in [0.2, 0.25) is 0 Å². The minimum atomic E-state index is -0.611. The van der Waals surface area contributed by atoms with Crippen LogP contribution in [0.5, 0.6) is 5.75 Å². The number of aromatic nitrogens is 9. The first-order valence-corrected chi connectivity index (χ1v) is 16.7. The normalized spacial score (nSPS) is 14.5. The molecule has 7 heterocycles. The lowest BCUT2D eigenvalue weighted by molar-refractivity contribution is 0.122. The molecule has 5 aromatic heterocycles. The van der Waals surface area contributed by atoms with E-state index in [2.05, 4.69) is 35.1 Å². The molecule has 268 valence electrons. The van der Waals surface area contributed by atoms with E-state index in [0.29, 0.717) is 69.7 Å². The van der Waals surface area contributed by atoms with E-state index < -0.39 is 17.2 Å². The van der Waals surface area contributed by atoms with Gasteiger partial charge < -0.3 is 24.4 Å². The molecule has 2 aliphatic heterocycles. The van der Waals surface area contributed by atoms with E-state index in [0.717, 1.165) is 16.6 Å². The van der Waals surface area contributed by atoms with Crippen LogP contribution in [0.1, 0.15) is 0 Å². The van der Waals surface area contributed by atoms with Crippen molar-refractivity contribution in [3.8, 4) is 40.3 Å². The van der Waals surface area contributed by atoms with Crippen molar-refractivity contribution < 1.29 is 23.4 Å². The van der Waals surface area contributed by atoms with Crippen molar-refractivity contribution >= 4 is 36.5 Å². The van der Waals surface area contributed by atoms with Gasteiger partial charge in [-0.3, -0.25) is 9.78 Å². The number of halogens is 3. The number of aromatic hydroxyl groups is 1. The summed E-state index contributed by atoms with van der Waals surface area (Å²) in [6.07, 6.45) is 5.61. The van der Waals surface area contributed by atoms with E-state index in [9.17, 15) is 18.7 Å². The summed E-state index contributed by atoms with van der Waals surface area (Å²) in [4.78, 5) is 36.7. The molecule has 1 aromatic carbocycles. The van der Waals surface area contributed by atoms with Crippen molar-refractivity contribution in [3.63, 3.8) is 0 Å². The van der Waals surface area contributed by atoms with Gasteiger partial charge in [-0.25, -0.2) is 23.4 Å². The van der Waals surface area contributed by atoms with Gasteiger partial charge in [-0.15, -0.1) is 0 Å². The molecule has 0 bridgehead atoms. The highest BCUT2D eigenvalue weighted by atomic mass is 35.5. The number of morpholine rings is 2. The largest absolute Gasteiger partial charge is 0.506 e. The number of pyridine rings is 1. The molecule has 0 saturated carbocycles. The Hall–Kier alpha value is -5.85. The van der Waals surface area contributed by atoms with Crippen molar-refractivity contribution in [2.24, 2.45) is 0 Å². The molecule has 0 atom stereocenters. The molecule has 1 N–H and O–H groups in total. The van der Waals surface area contributed by atoms with Crippen LogP contribution in [0.2, 0.25) is 5.02 Å². The Balaban J connectivity index is 0.000000167. The number of phenolic OH excluding ortho intramolecular Hbond substituents is 1. The standard InChI is InChI=1S/C18H14BClFN5O3.C16H15FN6O/c19-10-7-11(16(28)12(20)8-10)14-1-2-15(27)26(24-14)18-22-9-13(21)17(23-18)25-3-5-29-6-4-25;17-12-11-19-16(20-15(12)22-7-9-24-10-8-22)23-6-4-14(21-23)13-3-1-2-5-18-13/h1-2,7-9,28H,3-6H2;1-6,11H,7-10H2. The lowest BCUT2D eigenvalue weighted by Crippen LogP contribution is -2.37. The van der Waals surface area contributed by atoms with Crippen LogP contribution in [0.3, 0.4) is 0 Å². The van der Waals surface area contributed by atoms with Crippen molar-refractivity contribution in [1.29, 1.82) is 0 Å². The maximum atomic E-state index is 14.3. The molecule has 6 aromatic rings. The van der Waals surface area contributed by atoms with Gasteiger partial charge in [0.25, 0.3) is 17.5 Å². The molecule has 0 amide bonds. The Morgan fingerprint density at radius 1 is 0.755 bits per heavy atom. The van der Waals surface area contributed by atoms with Crippen LogP contribution >= 0.6 is 11.6 Å². The highest BCUT2D eigenvalue weighted by molar-refractivity contribution is 6.37. The number of hydrogen-bond donors (Lipinski definition) is 1. The van der Waals surface area contributed by atoms with Gasteiger partial charge in [0.15, 0.2) is 23.3 Å². The van der Waals surface area contributed by atoms with Crippen LogP contribution in [0.4, 0.5) is 20.4 Å². The van der Waals surface area contributed by atoms with Crippen molar-refractivity contribution in [2.45, 2.75) is 0 Å². The maximum absolute atomic E-state index is 14.3. The SMILES string of the molecule is Fc1cnc(-n2ccc(-c3ccccn3)n2)nc1N1CCOCC1.[B]c1cc(Cl)c(O)c(-c2ccc(=O)n(-c3ncc(F)c(N4CCOCC4)n3)n2)c1. The minimum Gasteiger partial charge on any atom is -0.506 e. The fourth-order valence-electron chi connectivity index (χ4n) is 5.50. The van der Waals surface area contributed by atoms with E-state index >= 15 is 0 Å². The monoisotopic (exact) mass is 739 g/mol. The Kier molecular flexibility index (Phi) is 10.6. The molecule has 2 fully saturated rings. The van der Waals surface area contributed by atoms with E-state index in [4.69, 9.17) is 28.9 Å². The average molecular weight is 740 g/mol. The Morgan fingerprint density at radius 2 is 1.40 bits per heavy atom. The number of nitrogens with zero attached hydrogens (tertiary/aromatic N) is 11.